The number of halogens is 1. The van der Waals surface area contributed by atoms with Crippen LogP contribution in [-0.4, -0.2) is 9.78 Å². The van der Waals surface area contributed by atoms with E-state index in [1.165, 1.54) is 22.4 Å². The lowest BCUT2D eigenvalue weighted by Crippen LogP contribution is -2.25. The Morgan fingerprint density at radius 3 is 2.68 bits per heavy atom. The van der Waals surface area contributed by atoms with Crippen LogP contribution in [0.5, 0.6) is 0 Å². The predicted molar refractivity (Wildman–Crippen MR) is 77.5 cm³/mol. The number of benzene rings is 1. The van der Waals surface area contributed by atoms with Crippen molar-refractivity contribution < 1.29 is 0 Å². The Morgan fingerprint density at radius 2 is 2.00 bits per heavy atom. The van der Waals surface area contributed by atoms with Crippen molar-refractivity contribution in [1.82, 2.24) is 9.78 Å². The zero-order valence-electron chi connectivity index (χ0n) is 10.5. The van der Waals surface area contributed by atoms with E-state index in [9.17, 15) is 4.79 Å². The fourth-order valence-electron chi connectivity index (χ4n) is 1.94. The molecule has 0 amide bonds. The Labute approximate surface area is 117 Å². The van der Waals surface area contributed by atoms with E-state index in [0.717, 1.165) is 12.8 Å². The predicted octanol–water partition coefficient (Wildman–Crippen LogP) is 3.26. The Balaban J connectivity index is 2.14. The van der Waals surface area contributed by atoms with Crippen LogP contribution in [0.1, 0.15) is 18.0 Å². The van der Waals surface area contributed by atoms with Crippen molar-refractivity contribution in [1.29, 1.82) is 0 Å². The molecule has 0 aliphatic rings. The van der Waals surface area contributed by atoms with Crippen LogP contribution in [0.25, 0.3) is 0 Å². The maximum atomic E-state index is 11.8. The summed E-state index contributed by atoms with van der Waals surface area (Å²) in [6, 6.07) is 12.9. The number of allylic oxidation sites excluding steroid dienone is 1. The molecule has 0 bridgehead atoms. The van der Waals surface area contributed by atoms with Gasteiger partial charge in [0.25, 0.3) is 5.56 Å². The van der Waals surface area contributed by atoms with Gasteiger partial charge in [0.15, 0.2) is 0 Å². The molecular formula is C15H15ClN2O. The number of nitrogens with zero attached hydrogens (tertiary/aromatic N) is 2. The minimum Gasteiger partial charge on any atom is -0.268 e. The topological polar surface area (TPSA) is 34.9 Å². The summed E-state index contributed by atoms with van der Waals surface area (Å²) in [5.41, 5.74) is 1.06. The molecule has 1 aromatic carbocycles. The van der Waals surface area contributed by atoms with Crippen LogP contribution in [0.3, 0.4) is 0 Å². The summed E-state index contributed by atoms with van der Waals surface area (Å²) >= 11 is 5.83. The molecule has 19 heavy (non-hydrogen) atoms. The average Bonchev–Trinajstić information content (AvgIpc) is 2.44. The van der Waals surface area contributed by atoms with E-state index in [1.807, 2.05) is 18.2 Å². The van der Waals surface area contributed by atoms with Crippen LogP contribution < -0.4 is 5.56 Å². The SMILES string of the molecule is C=CC(CCc1ccccc1)n1nc(Cl)ccc1=O. The first kappa shape index (κ1) is 13.6. The molecule has 0 saturated carbocycles. The van der Waals surface area contributed by atoms with E-state index in [1.54, 1.807) is 6.08 Å². The van der Waals surface area contributed by atoms with Gasteiger partial charge in [-0.3, -0.25) is 4.79 Å². The zero-order chi connectivity index (χ0) is 13.7. The monoisotopic (exact) mass is 274 g/mol. The average molecular weight is 275 g/mol. The fraction of sp³-hybridized carbons (Fsp3) is 0.200. The largest absolute Gasteiger partial charge is 0.268 e. The summed E-state index contributed by atoms with van der Waals surface area (Å²) in [6.45, 7) is 3.78. The Bertz CT molecular complexity index is 607. The van der Waals surface area contributed by atoms with Crippen molar-refractivity contribution >= 4 is 11.6 Å². The van der Waals surface area contributed by atoms with Gasteiger partial charge >= 0.3 is 0 Å². The van der Waals surface area contributed by atoms with E-state index in [2.05, 4.69) is 23.8 Å². The number of aromatic nitrogens is 2. The summed E-state index contributed by atoms with van der Waals surface area (Å²) in [4.78, 5) is 11.8. The molecule has 0 spiro atoms. The van der Waals surface area contributed by atoms with Crippen molar-refractivity contribution in [2.24, 2.45) is 0 Å². The second-order valence-electron chi connectivity index (χ2n) is 4.27. The highest BCUT2D eigenvalue weighted by molar-refractivity contribution is 6.29. The molecule has 1 atom stereocenters. The van der Waals surface area contributed by atoms with Crippen LogP contribution in [0.4, 0.5) is 0 Å². The normalized spacial score (nSPS) is 12.1. The van der Waals surface area contributed by atoms with Gasteiger partial charge in [0.2, 0.25) is 0 Å². The van der Waals surface area contributed by atoms with Crippen molar-refractivity contribution in [3.63, 3.8) is 0 Å². The van der Waals surface area contributed by atoms with Gasteiger partial charge in [-0.25, -0.2) is 4.68 Å². The summed E-state index contributed by atoms with van der Waals surface area (Å²) in [5, 5.41) is 4.37. The first-order valence-electron chi connectivity index (χ1n) is 6.12. The highest BCUT2D eigenvalue weighted by atomic mass is 35.5. The molecule has 3 nitrogen and oxygen atoms in total. The first-order chi connectivity index (χ1) is 9.20. The molecule has 0 fully saturated rings. The van der Waals surface area contributed by atoms with E-state index < -0.39 is 0 Å². The van der Waals surface area contributed by atoms with Gasteiger partial charge < -0.3 is 0 Å². The molecule has 4 heteroatoms. The van der Waals surface area contributed by atoms with E-state index in [-0.39, 0.29) is 11.6 Å². The van der Waals surface area contributed by atoms with Crippen LogP contribution in [0, 0.1) is 0 Å². The lowest BCUT2D eigenvalue weighted by molar-refractivity contribution is 0.480. The lowest BCUT2D eigenvalue weighted by Gasteiger charge is -2.14. The molecule has 2 rings (SSSR count). The number of hydrogen-bond acceptors (Lipinski definition) is 2. The molecule has 98 valence electrons. The molecular weight excluding hydrogens is 260 g/mol. The minimum absolute atomic E-state index is 0.147. The van der Waals surface area contributed by atoms with Crippen LogP contribution >= 0.6 is 11.6 Å². The molecule has 0 aliphatic carbocycles. The Kier molecular flexibility index (Phi) is 4.53. The third-order valence-corrected chi connectivity index (χ3v) is 3.15. The molecule has 1 heterocycles. The standard InChI is InChI=1S/C15H15ClN2O/c1-2-13(9-8-12-6-4-3-5-7-12)18-15(19)11-10-14(16)17-18/h2-7,10-11,13H,1,8-9H2. The van der Waals surface area contributed by atoms with Gasteiger partial charge in [-0.15, -0.1) is 6.58 Å². The van der Waals surface area contributed by atoms with E-state index >= 15 is 0 Å². The van der Waals surface area contributed by atoms with Crippen molar-refractivity contribution in [3.8, 4) is 0 Å². The quantitative estimate of drug-likeness (QED) is 0.785. The van der Waals surface area contributed by atoms with Crippen molar-refractivity contribution in [2.45, 2.75) is 18.9 Å². The van der Waals surface area contributed by atoms with E-state index in [0.29, 0.717) is 5.15 Å². The lowest BCUT2D eigenvalue weighted by atomic mass is 10.1. The summed E-state index contributed by atoms with van der Waals surface area (Å²) in [5.74, 6) is 0. The Hall–Kier alpha value is -1.87. The van der Waals surface area contributed by atoms with Gasteiger partial charge in [-0.05, 0) is 24.5 Å². The minimum atomic E-state index is -0.164. The van der Waals surface area contributed by atoms with Gasteiger partial charge in [0.05, 0.1) is 6.04 Å². The molecule has 1 aromatic heterocycles. The third kappa shape index (κ3) is 3.55. The maximum absolute atomic E-state index is 11.8. The van der Waals surface area contributed by atoms with Gasteiger partial charge in [-0.2, -0.15) is 5.10 Å². The molecule has 0 radical (unpaired) electrons. The third-order valence-electron chi connectivity index (χ3n) is 2.95. The van der Waals surface area contributed by atoms with Crippen molar-refractivity contribution in [2.75, 3.05) is 0 Å². The Morgan fingerprint density at radius 1 is 1.26 bits per heavy atom. The maximum Gasteiger partial charge on any atom is 0.267 e. The number of rotatable bonds is 5. The highest BCUT2D eigenvalue weighted by Gasteiger charge is 2.10. The second-order valence-corrected chi connectivity index (χ2v) is 4.65. The summed E-state index contributed by atoms with van der Waals surface area (Å²) in [7, 11) is 0. The second kappa shape index (κ2) is 6.34. The number of hydrogen-bond donors (Lipinski definition) is 0. The molecule has 1 unspecified atom stereocenters. The molecule has 0 N–H and O–H groups in total. The molecule has 0 aliphatic heterocycles. The van der Waals surface area contributed by atoms with Crippen LogP contribution in [0.2, 0.25) is 5.15 Å². The van der Waals surface area contributed by atoms with Crippen LogP contribution in [-0.2, 0) is 6.42 Å². The van der Waals surface area contributed by atoms with Crippen molar-refractivity contribution in [3.05, 3.63) is 76.2 Å². The fourth-order valence-corrected chi connectivity index (χ4v) is 2.08. The smallest absolute Gasteiger partial charge is 0.267 e. The first-order valence-corrected chi connectivity index (χ1v) is 6.50. The molecule has 2 aromatic rings. The van der Waals surface area contributed by atoms with Crippen LogP contribution in [0.15, 0.2) is 59.9 Å². The summed E-state index contributed by atoms with van der Waals surface area (Å²) in [6.07, 6.45) is 3.35. The van der Waals surface area contributed by atoms with Gasteiger partial charge in [0, 0.05) is 6.07 Å². The highest BCUT2D eigenvalue weighted by Crippen LogP contribution is 2.14. The summed E-state index contributed by atoms with van der Waals surface area (Å²) < 4.78 is 1.39. The molecule has 0 saturated heterocycles. The van der Waals surface area contributed by atoms with Gasteiger partial charge in [0.1, 0.15) is 5.15 Å². The zero-order valence-corrected chi connectivity index (χ0v) is 11.3. The van der Waals surface area contributed by atoms with E-state index in [4.69, 9.17) is 11.6 Å². The number of aryl methyl sites for hydroxylation is 1. The van der Waals surface area contributed by atoms with Gasteiger partial charge in [-0.1, -0.05) is 48.0 Å².